The van der Waals surface area contributed by atoms with E-state index in [0.29, 0.717) is 0 Å². The molecule has 4 aliphatic heterocycles. The molecule has 2 N–H and O–H groups in total. The first-order valence-corrected chi connectivity index (χ1v) is 21.2. The van der Waals surface area contributed by atoms with Crippen LogP contribution >= 0.6 is 0 Å². The van der Waals surface area contributed by atoms with Gasteiger partial charge in [0.15, 0.2) is 0 Å². The van der Waals surface area contributed by atoms with Crippen molar-refractivity contribution in [2.45, 2.75) is 51.9 Å². The number of nitrogens with one attached hydrogen (secondary N) is 2. The SMILES string of the molecule is CN1CCc2[nH]c3ccccc3c2C1.CN1CCc2c([nH]c3ccccc23)C1.CN1CCc2c(c3ccccc3n2C)C1.CN1CCc2c(n(C)c3ccccc23)C1. The smallest absolute Gasteiger partial charge is 0.0483 e. The Bertz CT molecular complexity index is 2690. The molecule has 12 rings (SSSR count). The lowest BCUT2D eigenvalue weighted by Gasteiger charge is -2.23. The van der Waals surface area contributed by atoms with E-state index in [1.165, 1.54) is 129 Å². The Morgan fingerprint density at radius 2 is 0.810 bits per heavy atom. The second-order valence-electron chi connectivity index (χ2n) is 17.2. The molecular formula is C50H60N8. The molecule has 4 aromatic carbocycles. The highest BCUT2D eigenvalue weighted by molar-refractivity contribution is 5.87. The zero-order valence-corrected chi connectivity index (χ0v) is 35.4. The Morgan fingerprint density at radius 1 is 0.362 bits per heavy atom. The normalized spacial score (nSPS) is 17.1. The maximum atomic E-state index is 3.51. The van der Waals surface area contributed by atoms with E-state index in [9.17, 15) is 0 Å². The molecule has 0 unspecified atom stereocenters. The quantitative estimate of drug-likeness (QED) is 0.162. The van der Waals surface area contributed by atoms with Crippen LogP contribution in [0, 0.1) is 0 Å². The Morgan fingerprint density at radius 3 is 1.48 bits per heavy atom. The topological polar surface area (TPSA) is 54.4 Å². The largest absolute Gasteiger partial charge is 0.358 e. The summed E-state index contributed by atoms with van der Waals surface area (Å²) >= 11 is 0. The molecular weight excluding hydrogens is 713 g/mol. The Balaban J connectivity index is 0.000000100. The molecule has 0 radical (unpaired) electrons. The van der Waals surface area contributed by atoms with Crippen LogP contribution in [0.1, 0.15) is 45.0 Å². The molecule has 0 fully saturated rings. The van der Waals surface area contributed by atoms with Crippen molar-refractivity contribution in [1.82, 2.24) is 38.7 Å². The monoisotopic (exact) mass is 772 g/mol. The minimum Gasteiger partial charge on any atom is -0.358 e. The van der Waals surface area contributed by atoms with Crippen molar-refractivity contribution in [2.75, 3.05) is 54.4 Å². The molecule has 8 heteroatoms. The number of rotatable bonds is 0. The highest BCUT2D eigenvalue weighted by Crippen LogP contribution is 2.31. The van der Waals surface area contributed by atoms with Gasteiger partial charge in [-0.25, -0.2) is 0 Å². The Labute approximate surface area is 343 Å². The van der Waals surface area contributed by atoms with Crippen LogP contribution in [-0.2, 0) is 66.0 Å². The number of para-hydroxylation sites is 4. The third-order valence-electron chi connectivity index (χ3n) is 13.2. The molecule has 300 valence electrons. The van der Waals surface area contributed by atoms with Crippen LogP contribution in [0.5, 0.6) is 0 Å². The molecule has 8 nitrogen and oxygen atoms in total. The lowest BCUT2D eigenvalue weighted by Crippen LogP contribution is -2.27. The molecule has 0 atom stereocenters. The number of nitrogens with zero attached hydrogens (tertiary/aromatic N) is 6. The third-order valence-corrected chi connectivity index (χ3v) is 13.2. The zero-order chi connectivity index (χ0) is 39.9. The summed E-state index contributed by atoms with van der Waals surface area (Å²) in [6.45, 7) is 9.02. The van der Waals surface area contributed by atoms with Crippen LogP contribution in [0.2, 0.25) is 0 Å². The molecule has 0 bridgehead atoms. The summed E-state index contributed by atoms with van der Waals surface area (Å²) in [5, 5.41) is 5.69. The number of fused-ring (bicyclic) bond motifs is 12. The Kier molecular flexibility index (Phi) is 10.8. The van der Waals surface area contributed by atoms with Crippen LogP contribution in [-0.4, -0.2) is 93.1 Å². The zero-order valence-electron chi connectivity index (χ0n) is 35.4. The molecule has 8 aromatic rings. The van der Waals surface area contributed by atoms with E-state index in [1.807, 2.05) is 0 Å². The van der Waals surface area contributed by atoms with Crippen molar-refractivity contribution in [3.8, 4) is 0 Å². The fourth-order valence-corrected chi connectivity index (χ4v) is 9.94. The van der Waals surface area contributed by atoms with Gasteiger partial charge >= 0.3 is 0 Å². The first-order valence-electron chi connectivity index (χ1n) is 21.2. The molecule has 0 aliphatic carbocycles. The lowest BCUT2D eigenvalue weighted by molar-refractivity contribution is 0.305. The van der Waals surface area contributed by atoms with Gasteiger partial charge in [0, 0.05) is 146 Å². The molecule has 58 heavy (non-hydrogen) atoms. The van der Waals surface area contributed by atoms with Gasteiger partial charge in [-0.2, -0.15) is 0 Å². The number of aryl methyl sites for hydroxylation is 2. The van der Waals surface area contributed by atoms with Crippen LogP contribution in [0.4, 0.5) is 0 Å². The number of hydrogen-bond acceptors (Lipinski definition) is 4. The maximum absolute atomic E-state index is 3.51. The number of benzene rings is 4. The number of aromatic amines is 2. The summed E-state index contributed by atoms with van der Waals surface area (Å²) in [5.41, 5.74) is 17.3. The second-order valence-corrected chi connectivity index (χ2v) is 17.2. The molecule has 0 spiro atoms. The van der Waals surface area contributed by atoms with Crippen molar-refractivity contribution >= 4 is 43.6 Å². The highest BCUT2D eigenvalue weighted by atomic mass is 15.1. The van der Waals surface area contributed by atoms with Crippen molar-refractivity contribution in [3.63, 3.8) is 0 Å². The molecule has 8 heterocycles. The minimum atomic E-state index is 1.06. The van der Waals surface area contributed by atoms with Gasteiger partial charge in [0.1, 0.15) is 0 Å². The van der Waals surface area contributed by atoms with E-state index in [4.69, 9.17) is 0 Å². The number of H-pyrrole nitrogens is 2. The van der Waals surface area contributed by atoms with Gasteiger partial charge in [-0.05, 0) is 87.6 Å². The van der Waals surface area contributed by atoms with E-state index < -0.39 is 0 Å². The van der Waals surface area contributed by atoms with Gasteiger partial charge in [0.25, 0.3) is 0 Å². The molecule has 0 saturated carbocycles. The van der Waals surface area contributed by atoms with Crippen LogP contribution < -0.4 is 0 Å². The van der Waals surface area contributed by atoms with Crippen LogP contribution in [0.15, 0.2) is 97.1 Å². The summed E-state index contributed by atoms with van der Waals surface area (Å²) in [6, 6.07) is 34.6. The van der Waals surface area contributed by atoms with E-state index in [-0.39, 0.29) is 0 Å². The maximum Gasteiger partial charge on any atom is 0.0483 e. The van der Waals surface area contributed by atoms with Gasteiger partial charge < -0.3 is 38.7 Å². The minimum absolute atomic E-state index is 1.06. The van der Waals surface area contributed by atoms with E-state index in [2.05, 4.69) is 178 Å². The average molecular weight is 773 g/mol. The average Bonchev–Trinajstić information content (AvgIpc) is 3.96. The first-order chi connectivity index (χ1) is 28.2. The van der Waals surface area contributed by atoms with Crippen LogP contribution in [0.3, 0.4) is 0 Å². The van der Waals surface area contributed by atoms with Crippen LogP contribution in [0.25, 0.3) is 43.6 Å². The van der Waals surface area contributed by atoms with Gasteiger partial charge in [0.2, 0.25) is 0 Å². The summed E-state index contributed by atoms with van der Waals surface area (Å²) in [7, 11) is 13.1. The van der Waals surface area contributed by atoms with E-state index in [0.717, 1.165) is 32.6 Å². The summed E-state index contributed by atoms with van der Waals surface area (Å²) in [6.07, 6.45) is 4.70. The summed E-state index contributed by atoms with van der Waals surface area (Å²) in [4.78, 5) is 16.5. The Hall–Kier alpha value is -5.12. The predicted octanol–water partition coefficient (Wildman–Crippen LogP) is 8.64. The van der Waals surface area contributed by atoms with Crippen molar-refractivity contribution in [3.05, 3.63) is 142 Å². The number of aromatic nitrogens is 4. The van der Waals surface area contributed by atoms with Crippen molar-refractivity contribution < 1.29 is 0 Å². The highest BCUT2D eigenvalue weighted by Gasteiger charge is 2.22. The van der Waals surface area contributed by atoms with Crippen molar-refractivity contribution in [2.24, 2.45) is 14.1 Å². The van der Waals surface area contributed by atoms with Gasteiger partial charge in [0.05, 0.1) is 0 Å². The standard InChI is InChI=1S/2C13H16N2.2C12H14N2/c1-14-8-7-13-11(9-14)10-5-3-4-6-12(10)15(13)2;1-14-8-7-11-10-5-3-4-6-12(10)15(2)13(11)9-14;1-14-7-6-12-10(8-14)9-4-2-3-5-11(9)13-12;1-14-7-6-10-9-4-2-3-5-11(9)13-12(10)8-14/h2*3-6H,7-9H2,1-2H3;2*2-5,13H,6-8H2,1H3. The molecule has 0 saturated heterocycles. The summed E-state index contributed by atoms with van der Waals surface area (Å²) < 4.78 is 4.71. The van der Waals surface area contributed by atoms with Gasteiger partial charge in [-0.3, -0.25) is 0 Å². The summed E-state index contributed by atoms with van der Waals surface area (Å²) in [5.74, 6) is 0. The van der Waals surface area contributed by atoms with Gasteiger partial charge in [-0.1, -0.05) is 72.8 Å². The second kappa shape index (κ2) is 16.3. The molecule has 4 aromatic heterocycles. The number of likely N-dealkylation sites (N-methyl/N-ethyl adjacent to an activating group) is 4. The van der Waals surface area contributed by atoms with E-state index in [1.54, 1.807) is 5.56 Å². The number of hydrogen-bond donors (Lipinski definition) is 2. The first kappa shape index (κ1) is 38.4. The van der Waals surface area contributed by atoms with Gasteiger partial charge in [-0.15, -0.1) is 0 Å². The van der Waals surface area contributed by atoms with E-state index >= 15 is 0 Å². The lowest BCUT2D eigenvalue weighted by atomic mass is 10.0. The third kappa shape index (κ3) is 7.39. The fraction of sp³-hybridized carbons (Fsp3) is 0.360. The molecule has 0 amide bonds. The van der Waals surface area contributed by atoms with Crippen molar-refractivity contribution in [1.29, 1.82) is 0 Å². The molecule has 4 aliphatic rings. The predicted molar refractivity (Wildman–Crippen MR) is 243 cm³/mol. The fourth-order valence-electron chi connectivity index (χ4n) is 9.94.